The molecular formula is C16H22BrNO2. The van der Waals surface area contributed by atoms with Crippen molar-refractivity contribution in [1.29, 1.82) is 0 Å². The molecule has 1 fully saturated rings. The first kappa shape index (κ1) is 15.4. The van der Waals surface area contributed by atoms with E-state index < -0.39 is 5.97 Å². The highest BCUT2D eigenvalue weighted by Gasteiger charge is 2.21. The molecule has 0 aromatic heterocycles. The zero-order chi connectivity index (χ0) is 14.7. The van der Waals surface area contributed by atoms with Gasteiger partial charge in [-0.2, -0.15) is 0 Å². The summed E-state index contributed by atoms with van der Waals surface area (Å²) in [5, 5.41) is 9.02. The van der Waals surface area contributed by atoms with Gasteiger partial charge in [0.05, 0.1) is 11.3 Å². The van der Waals surface area contributed by atoms with Gasteiger partial charge in [0, 0.05) is 17.6 Å². The highest BCUT2D eigenvalue weighted by molar-refractivity contribution is 9.10. The molecule has 1 aromatic carbocycles. The molecule has 1 atom stereocenters. The molecule has 2 rings (SSSR count). The number of aromatic carboxylic acids is 1. The first-order valence-corrected chi connectivity index (χ1v) is 8.06. The van der Waals surface area contributed by atoms with Gasteiger partial charge in [-0.15, -0.1) is 0 Å². The van der Waals surface area contributed by atoms with Crippen molar-refractivity contribution in [2.24, 2.45) is 11.8 Å². The van der Waals surface area contributed by atoms with Gasteiger partial charge >= 0.3 is 5.97 Å². The average molecular weight is 340 g/mol. The van der Waals surface area contributed by atoms with Crippen molar-refractivity contribution < 1.29 is 9.90 Å². The van der Waals surface area contributed by atoms with Crippen molar-refractivity contribution in [2.45, 2.75) is 33.1 Å². The van der Waals surface area contributed by atoms with E-state index in [1.54, 1.807) is 12.1 Å². The van der Waals surface area contributed by atoms with Crippen LogP contribution in [0.2, 0.25) is 0 Å². The summed E-state index contributed by atoms with van der Waals surface area (Å²) in [5.41, 5.74) is 1.44. The molecule has 1 aliphatic heterocycles. The standard InChI is InChI=1S/C16H22BrNO2/c1-11(2)12-4-3-8-18(9-7-12)15-6-5-13(16(19)20)10-14(15)17/h5-6,10-12H,3-4,7-9H2,1-2H3,(H,19,20). The van der Waals surface area contributed by atoms with Gasteiger partial charge in [-0.05, 0) is 65.2 Å². The molecule has 0 saturated carbocycles. The molecule has 0 radical (unpaired) electrons. The van der Waals surface area contributed by atoms with Crippen LogP contribution in [0.5, 0.6) is 0 Å². The number of rotatable bonds is 3. The summed E-state index contributed by atoms with van der Waals surface area (Å²) in [7, 11) is 0. The second-order valence-corrected chi connectivity index (χ2v) is 6.75. The molecule has 1 N–H and O–H groups in total. The van der Waals surface area contributed by atoms with Crippen molar-refractivity contribution >= 4 is 27.6 Å². The molecule has 1 aromatic rings. The van der Waals surface area contributed by atoms with Crippen LogP contribution in [0, 0.1) is 11.8 Å². The van der Waals surface area contributed by atoms with E-state index >= 15 is 0 Å². The molecule has 0 bridgehead atoms. The van der Waals surface area contributed by atoms with Crippen LogP contribution >= 0.6 is 15.9 Å². The lowest BCUT2D eigenvalue weighted by Gasteiger charge is -2.25. The minimum Gasteiger partial charge on any atom is -0.478 e. The van der Waals surface area contributed by atoms with Crippen molar-refractivity contribution in [3.8, 4) is 0 Å². The van der Waals surface area contributed by atoms with Crippen LogP contribution in [0.1, 0.15) is 43.5 Å². The van der Waals surface area contributed by atoms with Gasteiger partial charge in [0.15, 0.2) is 0 Å². The quantitative estimate of drug-likeness (QED) is 0.886. The monoisotopic (exact) mass is 339 g/mol. The SMILES string of the molecule is CC(C)C1CCCN(c2ccc(C(=O)O)cc2Br)CC1. The molecule has 1 aliphatic rings. The van der Waals surface area contributed by atoms with E-state index in [2.05, 4.69) is 34.7 Å². The van der Waals surface area contributed by atoms with Gasteiger partial charge in [-0.3, -0.25) is 0 Å². The summed E-state index contributed by atoms with van der Waals surface area (Å²) in [5.74, 6) is 0.665. The highest BCUT2D eigenvalue weighted by Crippen LogP contribution is 2.32. The van der Waals surface area contributed by atoms with Crippen LogP contribution in [0.3, 0.4) is 0 Å². The summed E-state index contributed by atoms with van der Waals surface area (Å²) < 4.78 is 0.875. The van der Waals surface area contributed by atoms with Crippen molar-refractivity contribution in [3.05, 3.63) is 28.2 Å². The summed E-state index contributed by atoms with van der Waals surface area (Å²) >= 11 is 3.52. The maximum absolute atomic E-state index is 11.0. The Hall–Kier alpha value is -1.03. The van der Waals surface area contributed by atoms with Crippen molar-refractivity contribution in [3.63, 3.8) is 0 Å². The van der Waals surface area contributed by atoms with Crippen LogP contribution in [0.4, 0.5) is 5.69 Å². The van der Waals surface area contributed by atoms with E-state index in [9.17, 15) is 4.79 Å². The molecule has 110 valence electrons. The summed E-state index contributed by atoms with van der Waals surface area (Å²) in [6, 6.07) is 5.30. The summed E-state index contributed by atoms with van der Waals surface area (Å²) in [6.07, 6.45) is 3.71. The highest BCUT2D eigenvalue weighted by atomic mass is 79.9. The predicted octanol–water partition coefficient (Wildman–Crippen LogP) is 4.41. The summed E-state index contributed by atoms with van der Waals surface area (Å²) in [6.45, 7) is 6.71. The molecule has 1 saturated heterocycles. The van der Waals surface area contributed by atoms with Gasteiger partial charge in [-0.25, -0.2) is 4.79 Å². The first-order valence-electron chi connectivity index (χ1n) is 7.27. The number of hydrogen-bond donors (Lipinski definition) is 1. The molecule has 1 heterocycles. The number of halogens is 1. The van der Waals surface area contributed by atoms with E-state index in [-0.39, 0.29) is 0 Å². The van der Waals surface area contributed by atoms with E-state index in [0.717, 1.165) is 35.1 Å². The van der Waals surface area contributed by atoms with Crippen LogP contribution in [-0.4, -0.2) is 24.2 Å². The normalized spacial score (nSPS) is 20.0. The fourth-order valence-corrected chi connectivity index (χ4v) is 3.56. The number of benzene rings is 1. The van der Waals surface area contributed by atoms with Crippen LogP contribution < -0.4 is 4.90 Å². The maximum atomic E-state index is 11.0. The van der Waals surface area contributed by atoms with Gasteiger partial charge in [-0.1, -0.05) is 13.8 Å². The average Bonchev–Trinajstić information content (AvgIpc) is 2.64. The molecule has 0 aliphatic carbocycles. The van der Waals surface area contributed by atoms with Crippen LogP contribution in [0.15, 0.2) is 22.7 Å². The Labute approximate surface area is 129 Å². The van der Waals surface area contributed by atoms with E-state index in [1.165, 1.54) is 19.3 Å². The van der Waals surface area contributed by atoms with Crippen LogP contribution in [-0.2, 0) is 0 Å². The Morgan fingerprint density at radius 2 is 2.10 bits per heavy atom. The largest absolute Gasteiger partial charge is 0.478 e. The second kappa shape index (κ2) is 6.61. The van der Waals surface area contributed by atoms with Crippen molar-refractivity contribution in [2.75, 3.05) is 18.0 Å². The lowest BCUT2D eigenvalue weighted by molar-refractivity contribution is 0.0697. The Morgan fingerprint density at radius 1 is 1.35 bits per heavy atom. The lowest BCUT2D eigenvalue weighted by atomic mass is 9.89. The number of anilines is 1. The molecule has 1 unspecified atom stereocenters. The van der Waals surface area contributed by atoms with E-state index in [4.69, 9.17) is 5.11 Å². The smallest absolute Gasteiger partial charge is 0.335 e. The third kappa shape index (κ3) is 3.54. The van der Waals surface area contributed by atoms with Gasteiger partial charge in [0.25, 0.3) is 0 Å². The lowest BCUT2D eigenvalue weighted by Crippen LogP contribution is -2.25. The zero-order valence-corrected chi connectivity index (χ0v) is 13.7. The van der Waals surface area contributed by atoms with E-state index in [1.807, 2.05) is 6.07 Å². The number of carboxylic acid groups (broad SMARTS) is 1. The van der Waals surface area contributed by atoms with Crippen molar-refractivity contribution in [1.82, 2.24) is 0 Å². The molecule has 3 nitrogen and oxygen atoms in total. The third-order valence-electron chi connectivity index (χ3n) is 4.25. The zero-order valence-electron chi connectivity index (χ0n) is 12.1. The Balaban J connectivity index is 2.13. The Kier molecular flexibility index (Phi) is 5.08. The second-order valence-electron chi connectivity index (χ2n) is 5.89. The number of nitrogens with zero attached hydrogens (tertiary/aromatic N) is 1. The Morgan fingerprint density at radius 3 is 2.70 bits per heavy atom. The van der Waals surface area contributed by atoms with E-state index in [0.29, 0.717) is 5.56 Å². The third-order valence-corrected chi connectivity index (χ3v) is 4.89. The van der Waals surface area contributed by atoms with Gasteiger partial charge in [0.2, 0.25) is 0 Å². The summed E-state index contributed by atoms with van der Waals surface area (Å²) in [4.78, 5) is 13.4. The molecule has 0 spiro atoms. The molecule has 4 heteroatoms. The minimum absolute atomic E-state index is 0.329. The fourth-order valence-electron chi connectivity index (χ4n) is 2.93. The molecular weight excluding hydrogens is 318 g/mol. The van der Waals surface area contributed by atoms with Gasteiger partial charge < -0.3 is 10.0 Å². The predicted molar refractivity (Wildman–Crippen MR) is 85.5 cm³/mol. The fraction of sp³-hybridized carbons (Fsp3) is 0.562. The number of carboxylic acids is 1. The van der Waals surface area contributed by atoms with Gasteiger partial charge in [0.1, 0.15) is 0 Å². The topological polar surface area (TPSA) is 40.5 Å². The van der Waals surface area contributed by atoms with Crippen LogP contribution in [0.25, 0.3) is 0 Å². The minimum atomic E-state index is -0.881. The molecule has 0 amide bonds. The number of hydrogen-bond acceptors (Lipinski definition) is 2. The Bertz CT molecular complexity index is 487. The molecule has 20 heavy (non-hydrogen) atoms. The number of carbonyl (C=O) groups is 1. The first-order chi connectivity index (χ1) is 9.49. The maximum Gasteiger partial charge on any atom is 0.335 e.